The highest BCUT2D eigenvalue weighted by Crippen LogP contribution is 2.45. The third-order valence-electron chi connectivity index (χ3n) is 3.82. The molecule has 0 saturated heterocycles. The summed E-state index contributed by atoms with van der Waals surface area (Å²) in [6.45, 7) is 0. The van der Waals surface area contributed by atoms with Gasteiger partial charge in [-0.15, -0.1) is 0 Å². The summed E-state index contributed by atoms with van der Waals surface area (Å²) >= 11 is 0. The second kappa shape index (κ2) is 6.08. The molecule has 112 valence electrons. The lowest BCUT2D eigenvalue weighted by molar-refractivity contribution is -0.165. The molecule has 0 radical (unpaired) electrons. The van der Waals surface area contributed by atoms with E-state index in [4.69, 9.17) is 9.47 Å². The van der Waals surface area contributed by atoms with Gasteiger partial charge >= 0.3 is 11.9 Å². The van der Waals surface area contributed by atoms with E-state index in [1.807, 2.05) is 0 Å². The van der Waals surface area contributed by atoms with Gasteiger partial charge in [-0.1, -0.05) is 18.2 Å². The summed E-state index contributed by atoms with van der Waals surface area (Å²) in [6.07, 6.45) is 3.39. The first-order chi connectivity index (χ1) is 10.0. The monoisotopic (exact) mass is 292 g/mol. The van der Waals surface area contributed by atoms with Crippen molar-refractivity contribution in [1.82, 2.24) is 0 Å². The van der Waals surface area contributed by atoms with Gasteiger partial charge in [-0.05, 0) is 42.5 Å². The fourth-order valence-electron chi connectivity index (χ4n) is 2.77. The maximum atomic E-state index is 12.9. The average Bonchev–Trinajstić information content (AvgIpc) is 2.92. The van der Waals surface area contributed by atoms with Crippen LogP contribution < -0.4 is 0 Å². The number of hydrogen-bond donors (Lipinski definition) is 0. The standard InChI is InChI=1S/C16H17FO4/c1-20-14(18)16(15(19)21-2)9-3-4-12(16)10-11-5-7-13(17)8-6-11/h5-8,10H,3-4,9H2,1-2H3/b12-10+. The molecule has 1 aliphatic rings. The molecule has 1 aromatic rings. The summed E-state index contributed by atoms with van der Waals surface area (Å²) in [5.74, 6) is -1.56. The normalized spacial score (nSPS) is 18.5. The molecule has 2 rings (SSSR count). The van der Waals surface area contributed by atoms with Crippen molar-refractivity contribution in [3.8, 4) is 0 Å². The number of rotatable bonds is 3. The first-order valence-electron chi connectivity index (χ1n) is 6.68. The second-order valence-electron chi connectivity index (χ2n) is 4.96. The Bertz CT molecular complexity index is 558. The number of methoxy groups -OCH3 is 2. The summed E-state index contributed by atoms with van der Waals surface area (Å²) in [5.41, 5.74) is -0.00368. The highest BCUT2D eigenvalue weighted by molar-refractivity contribution is 6.05. The Hall–Kier alpha value is -2.17. The number of esters is 2. The summed E-state index contributed by atoms with van der Waals surface area (Å²) in [7, 11) is 2.50. The van der Waals surface area contributed by atoms with Crippen molar-refractivity contribution in [2.45, 2.75) is 19.3 Å². The quantitative estimate of drug-likeness (QED) is 0.635. The maximum absolute atomic E-state index is 12.9. The fourth-order valence-corrected chi connectivity index (χ4v) is 2.77. The Morgan fingerprint density at radius 2 is 1.71 bits per heavy atom. The highest BCUT2D eigenvalue weighted by atomic mass is 19.1. The molecule has 0 aromatic heterocycles. The predicted molar refractivity (Wildman–Crippen MR) is 74.7 cm³/mol. The zero-order chi connectivity index (χ0) is 15.5. The lowest BCUT2D eigenvalue weighted by Crippen LogP contribution is -2.40. The van der Waals surface area contributed by atoms with Crippen LogP contribution in [0.4, 0.5) is 4.39 Å². The van der Waals surface area contributed by atoms with E-state index in [0.29, 0.717) is 24.8 Å². The molecule has 21 heavy (non-hydrogen) atoms. The van der Waals surface area contributed by atoms with Crippen molar-refractivity contribution in [1.29, 1.82) is 0 Å². The molecule has 1 fully saturated rings. The van der Waals surface area contributed by atoms with Crippen LogP contribution >= 0.6 is 0 Å². The van der Waals surface area contributed by atoms with Crippen LogP contribution in [0.3, 0.4) is 0 Å². The molecule has 5 heteroatoms. The van der Waals surface area contributed by atoms with Crippen LogP contribution in [0, 0.1) is 11.2 Å². The lowest BCUT2D eigenvalue weighted by atomic mass is 9.81. The molecule has 0 atom stereocenters. The molecule has 0 aliphatic heterocycles. The summed E-state index contributed by atoms with van der Waals surface area (Å²) in [5, 5.41) is 0. The minimum atomic E-state index is -1.38. The Morgan fingerprint density at radius 3 is 2.24 bits per heavy atom. The van der Waals surface area contributed by atoms with E-state index in [0.717, 1.165) is 5.56 Å². The summed E-state index contributed by atoms with van der Waals surface area (Å²) < 4.78 is 22.6. The Kier molecular flexibility index (Phi) is 4.40. The molecule has 0 bridgehead atoms. The molecular formula is C16H17FO4. The Morgan fingerprint density at radius 1 is 1.14 bits per heavy atom. The zero-order valence-electron chi connectivity index (χ0n) is 12.0. The van der Waals surface area contributed by atoms with E-state index in [-0.39, 0.29) is 5.82 Å². The van der Waals surface area contributed by atoms with E-state index < -0.39 is 17.4 Å². The largest absolute Gasteiger partial charge is 0.468 e. The van der Waals surface area contributed by atoms with Crippen molar-refractivity contribution in [2.24, 2.45) is 5.41 Å². The van der Waals surface area contributed by atoms with E-state index in [1.165, 1.54) is 26.4 Å². The van der Waals surface area contributed by atoms with Crippen LogP contribution in [0.5, 0.6) is 0 Å². The number of carbonyl (C=O) groups excluding carboxylic acids is 2. The average molecular weight is 292 g/mol. The van der Waals surface area contributed by atoms with Gasteiger partial charge in [0.15, 0.2) is 5.41 Å². The molecular weight excluding hydrogens is 275 g/mol. The van der Waals surface area contributed by atoms with E-state index in [2.05, 4.69) is 0 Å². The summed E-state index contributed by atoms with van der Waals surface area (Å²) in [6, 6.07) is 5.86. The molecule has 1 aliphatic carbocycles. The smallest absolute Gasteiger partial charge is 0.327 e. The van der Waals surface area contributed by atoms with E-state index in [1.54, 1.807) is 18.2 Å². The first-order valence-corrected chi connectivity index (χ1v) is 6.68. The molecule has 1 aromatic carbocycles. The lowest BCUT2D eigenvalue weighted by Gasteiger charge is -2.25. The SMILES string of the molecule is COC(=O)C1(C(=O)OC)CCC/C1=C\c1ccc(F)cc1. The van der Waals surface area contributed by atoms with Crippen LogP contribution in [0.25, 0.3) is 6.08 Å². The van der Waals surface area contributed by atoms with Crippen molar-refractivity contribution < 1.29 is 23.5 Å². The molecule has 1 saturated carbocycles. The summed E-state index contributed by atoms with van der Waals surface area (Å²) in [4.78, 5) is 24.3. The zero-order valence-corrected chi connectivity index (χ0v) is 12.0. The van der Waals surface area contributed by atoms with Crippen molar-refractivity contribution >= 4 is 18.0 Å². The van der Waals surface area contributed by atoms with Gasteiger partial charge in [-0.2, -0.15) is 0 Å². The second-order valence-corrected chi connectivity index (χ2v) is 4.96. The first kappa shape index (κ1) is 15.2. The molecule has 4 nitrogen and oxygen atoms in total. The Balaban J connectivity index is 2.47. The fraction of sp³-hybridized carbons (Fsp3) is 0.375. The highest BCUT2D eigenvalue weighted by Gasteiger charge is 2.53. The van der Waals surface area contributed by atoms with Gasteiger partial charge in [-0.3, -0.25) is 9.59 Å². The maximum Gasteiger partial charge on any atom is 0.327 e. The molecule has 0 heterocycles. The van der Waals surface area contributed by atoms with Crippen molar-refractivity contribution in [2.75, 3.05) is 14.2 Å². The third kappa shape index (κ3) is 2.68. The minimum Gasteiger partial charge on any atom is -0.468 e. The Labute approximate surface area is 122 Å². The van der Waals surface area contributed by atoms with Gasteiger partial charge in [0.1, 0.15) is 5.82 Å². The van der Waals surface area contributed by atoms with Gasteiger partial charge in [0, 0.05) is 0 Å². The van der Waals surface area contributed by atoms with Crippen LogP contribution in [-0.2, 0) is 19.1 Å². The molecule has 0 unspecified atom stereocenters. The van der Waals surface area contributed by atoms with Gasteiger partial charge in [-0.25, -0.2) is 4.39 Å². The van der Waals surface area contributed by atoms with Crippen LogP contribution in [0.15, 0.2) is 29.8 Å². The predicted octanol–water partition coefficient (Wildman–Crippen LogP) is 2.73. The van der Waals surface area contributed by atoms with Crippen LogP contribution in [0.2, 0.25) is 0 Å². The van der Waals surface area contributed by atoms with E-state index in [9.17, 15) is 14.0 Å². The van der Waals surface area contributed by atoms with Crippen molar-refractivity contribution in [3.63, 3.8) is 0 Å². The van der Waals surface area contributed by atoms with E-state index >= 15 is 0 Å². The van der Waals surface area contributed by atoms with Gasteiger partial charge in [0.05, 0.1) is 14.2 Å². The number of carbonyl (C=O) groups is 2. The molecule has 0 N–H and O–H groups in total. The van der Waals surface area contributed by atoms with Crippen LogP contribution in [-0.4, -0.2) is 26.2 Å². The number of hydrogen-bond acceptors (Lipinski definition) is 4. The van der Waals surface area contributed by atoms with Gasteiger partial charge in [0.2, 0.25) is 0 Å². The molecule has 0 amide bonds. The minimum absolute atomic E-state index is 0.337. The molecule has 0 spiro atoms. The van der Waals surface area contributed by atoms with Crippen LogP contribution in [0.1, 0.15) is 24.8 Å². The third-order valence-corrected chi connectivity index (χ3v) is 3.82. The van der Waals surface area contributed by atoms with Gasteiger partial charge in [0.25, 0.3) is 0 Å². The van der Waals surface area contributed by atoms with Crippen molar-refractivity contribution in [3.05, 3.63) is 41.2 Å². The van der Waals surface area contributed by atoms with Gasteiger partial charge < -0.3 is 9.47 Å². The number of benzene rings is 1. The topological polar surface area (TPSA) is 52.6 Å². The number of halogens is 1. The number of ether oxygens (including phenoxy) is 2.